The van der Waals surface area contributed by atoms with Gasteiger partial charge in [-0.2, -0.15) is 0 Å². The molecule has 0 aromatic carbocycles. The van der Waals surface area contributed by atoms with Gasteiger partial charge in [-0.05, 0) is 11.8 Å². The van der Waals surface area contributed by atoms with Gasteiger partial charge in [-0.25, -0.2) is 0 Å². The van der Waals surface area contributed by atoms with Crippen molar-refractivity contribution in [2.75, 3.05) is 0 Å². The minimum atomic E-state index is -0.653. The summed E-state index contributed by atoms with van der Waals surface area (Å²) in [7, 11) is 0. The highest BCUT2D eigenvalue weighted by atomic mass is 16.4. The van der Waals surface area contributed by atoms with Gasteiger partial charge in [0.15, 0.2) is 0 Å². The Bertz CT molecular complexity index is 183. The molecule has 15 heavy (non-hydrogen) atoms. The van der Waals surface area contributed by atoms with Crippen molar-refractivity contribution in [1.82, 2.24) is 0 Å². The van der Waals surface area contributed by atoms with Crippen LogP contribution in [-0.2, 0) is 4.79 Å². The topological polar surface area (TPSA) is 37.3 Å². The van der Waals surface area contributed by atoms with E-state index in [1.165, 1.54) is 44.9 Å². The number of hydrogen-bond acceptors (Lipinski definition) is 1. The van der Waals surface area contributed by atoms with Crippen LogP contribution in [0, 0.1) is 11.8 Å². The second-order valence-corrected chi connectivity index (χ2v) is 5.14. The normalized spacial score (nSPS) is 20.1. The summed E-state index contributed by atoms with van der Waals surface area (Å²) in [4.78, 5) is 10.5. The summed E-state index contributed by atoms with van der Waals surface area (Å²) in [6.45, 7) is 2.05. The van der Waals surface area contributed by atoms with Crippen LogP contribution < -0.4 is 0 Å². The Hall–Kier alpha value is -0.530. The maximum absolute atomic E-state index is 10.5. The molecule has 2 nitrogen and oxygen atoms in total. The molecule has 1 rings (SSSR count). The van der Waals surface area contributed by atoms with Gasteiger partial charge >= 0.3 is 5.97 Å². The molecule has 1 unspecified atom stereocenters. The van der Waals surface area contributed by atoms with E-state index in [1.54, 1.807) is 0 Å². The third-order valence-corrected chi connectivity index (χ3v) is 3.56. The van der Waals surface area contributed by atoms with Gasteiger partial charge in [0.2, 0.25) is 0 Å². The van der Waals surface area contributed by atoms with Crippen molar-refractivity contribution in [3.05, 3.63) is 0 Å². The zero-order valence-electron chi connectivity index (χ0n) is 9.87. The quantitative estimate of drug-likeness (QED) is 0.726. The van der Waals surface area contributed by atoms with Crippen LogP contribution in [0.1, 0.15) is 64.7 Å². The third kappa shape index (κ3) is 5.81. The summed E-state index contributed by atoms with van der Waals surface area (Å²) < 4.78 is 0. The third-order valence-electron chi connectivity index (χ3n) is 3.56. The number of carboxylic acids is 1. The highest BCUT2D eigenvalue weighted by molar-refractivity contribution is 5.66. The number of carboxylic acid groups (broad SMARTS) is 1. The van der Waals surface area contributed by atoms with Crippen molar-refractivity contribution >= 4 is 5.97 Å². The molecule has 0 heterocycles. The summed E-state index contributed by atoms with van der Waals surface area (Å²) in [6, 6.07) is 0. The molecule has 0 spiro atoms. The molecule has 1 fully saturated rings. The second kappa shape index (κ2) is 6.86. The lowest BCUT2D eigenvalue weighted by molar-refractivity contribution is -0.138. The van der Waals surface area contributed by atoms with E-state index >= 15 is 0 Å². The molecule has 0 amide bonds. The van der Waals surface area contributed by atoms with Crippen LogP contribution in [0.3, 0.4) is 0 Å². The van der Waals surface area contributed by atoms with Crippen LogP contribution >= 0.6 is 0 Å². The van der Waals surface area contributed by atoms with Gasteiger partial charge in [-0.15, -0.1) is 0 Å². The number of rotatable bonds is 6. The smallest absolute Gasteiger partial charge is 0.303 e. The van der Waals surface area contributed by atoms with Crippen molar-refractivity contribution < 1.29 is 9.90 Å². The molecule has 2 heteroatoms. The summed E-state index contributed by atoms with van der Waals surface area (Å²) in [6.07, 6.45) is 11.0. The van der Waals surface area contributed by atoms with Crippen LogP contribution in [0.5, 0.6) is 0 Å². The molecular formula is C13H24O2. The van der Waals surface area contributed by atoms with Crippen LogP contribution in [0.2, 0.25) is 0 Å². The predicted octanol–water partition coefficient (Wildman–Crippen LogP) is 3.85. The fourth-order valence-corrected chi connectivity index (χ4v) is 2.63. The van der Waals surface area contributed by atoms with E-state index < -0.39 is 5.97 Å². The predicted molar refractivity (Wildman–Crippen MR) is 61.8 cm³/mol. The van der Waals surface area contributed by atoms with Crippen LogP contribution in [0.4, 0.5) is 0 Å². The Morgan fingerprint density at radius 2 is 2.00 bits per heavy atom. The Balaban J connectivity index is 2.02. The van der Waals surface area contributed by atoms with Gasteiger partial charge in [0, 0.05) is 6.42 Å². The SMILES string of the molecule is CC(CCCC1CCCCC1)CC(=O)O. The van der Waals surface area contributed by atoms with Crippen LogP contribution in [0.25, 0.3) is 0 Å². The van der Waals surface area contributed by atoms with E-state index in [0.29, 0.717) is 12.3 Å². The van der Waals surface area contributed by atoms with Gasteiger partial charge in [-0.1, -0.05) is 58.3 Å². The van der Waals surface area contributed by atoms with Crippen LogP contribution in [-0.4, -0.2) is 11.1 Å². The van der Waals surface area contributed by atoms with E-state index in [1.807, 2.05) is 0 Å². The fourth-order valence-electron chi connectivity index (χ4n) is 2.63. The molecule has 0 saturated heterocycles. The fraction of sp³-hybridized carbons (Fsp3) is 0.923. The molecule has 0 radical (unpaired) electrons. The van der Waals surface area contributed by atoms with E-state index in [-0.39, 0.29) is 0 Å². The summed E-state index contributed by atoms with van der Waals surface area (Å²) in [5.41, 5.74) is 0. The average Bonchev–Trinajstić information content (AvgIpc) is 2.18. The molecule has 0 aromatic heterocycles. The monoisotopic (exact) mass is 212 g/mol. The second-order valence-electron chi connectivity index (χ2n) is 5.14. The van der Waals surface area contributed by atoms with Gasteiger partial charge in [0.1, 0.15) is 0 Å². The van der Waals surface area contributed by atoms with Crippen molar-refractivity contribution in [1.29, 1.82) is 0 Å². The molecule has 0 aliphatic heterocycles. The van der Waals surface area contributed by atoms with Gasteiger partial charge in [-0.3, -0.25) is 4.79 Å². The van der Waals surface area contributed by atoms with E-state index in [2.05, 4.69) is 6.92 Å². The lowest BCUT2D eigenvalue weighted by atomic mass is 9.85. The molecule has 1 saturated carbocycles. The Morgan fingerprint density at radius 3 is 2.60 bits per heavy atom. The lowest BCUT2D eigenvalue weighted by Gasteiger charge is -2.21. The first-order valence-corrected chi connectivity index (χ1v) is 6.40. The maximum atomic E-state index is 10.5. The molecule has 0 aromatic rings. The van der Waals surface area contributed by atoms with E-state index in [4.69, 9.17) is 5.11 Å². The molecule has 88 valence electrons. The number of aliphatic carboxylic acids is 1. The zero-order valence-corrected chi connectivity index (χ0v) is 9.87. The van der Waals surface area contributed by atoms with Crippen LogP contribution in [0.15, 0.2) is 0 Å². The molecule has 1 atom stereocenters. The zero-order chi connectivity index (χ0) is 11.1. The first kappa shape index (κ1) is 12.5. The summed E-state index contributed by atoms with van der Waals surface area (Å²) in [5.74, 6) is 0.641. The highest BCUT2D eigenvalue weighted by Gasteiger charge is 2.14. The van der Waals surface area contributed by atoms with Crippen molar-refractivity contribution in [2.45, 2.75) is 64.7 Å². The molecule has 0 bridgehead atoms. The van der Waals surface area contributed by atoms with Crippen molar-refractivity contribution in [3.63, 3.8) is 0 Å². The number of carbonyl (C=O) groups is 1. The molecule has 1 aliphatic carbocycles. The lowest BCUT2D eigenvalue weighted by Crippen LogP contribution is -2.08. The Kier molecular flexibility index (Phi) is 5.74. The van der Waals surface area contributed by atoms with E-state index in [0.717, 1.165) is 12.3 Å². The molecular weight excluding hydrogens is 188 g/mol. The first-order valence-electron chi connectivity index (χ1n) is 6.40. The number of hydrogen-bond donors (Lipinski definition) is 1. The van der Waals surface area contributed by atoms with Crippen molar-refractivity contribution in [3.8, 4) is 0 Å². The van der Waals surface area contributed by atoms with Gasteiger partial charge in [0.05, 0.1) is 0 Å². The summed E-state index contributed by atoms with van der Waals surface area (Å²) >= 11 is 0. The largest absolute Gasteiger partial charge is 0.481 e. The van der Waals surface area contributed by atoms with Gasteiger partial charge < -0.3 is 5.11 Å². The average molecular weight is 212 g/mol. The van der Waals surface area contributed by atoms with Gasteiger partial charge in [0.25, 0.3) is 0 Å². The Labute approximate surface area is 93.1 Å². The first-order chi connectivity index (χ1) is 7.18. The minimum absolute atomic E-state index is 0.338. The molecule has 1 N–H and O–H groups in total. The summed E-state index contributed by atoms with van der Waals surface area (Å²) in [5, 5.41) is 8.63. The molecule has 1 aliphatic rings. The Morgan fingerprint density at radius 1 is 1.33 bits per heavy atom. The van der Waals surface area contributed by atoms with E-state index in [9.17, 15) is 4.79 Å². The maximum Gasteiger partial charge on any atom is 0.303 e. The standard InChI is InChI=1S/C13H24O2/c1-11(10-13(14)15)6-5-9-12-7-3-2-4-8-12/h11-12H,2-10H2,1H3,(H,14,15). The highest BCUT2D eigenvalue weighted by Crippen LogP contribution is 2.28. The minimum Gasteiger partial charge on any atom is -0.481 e. The van der Waals surface area contributed by atoms with Crippen molar-refractivity contribution in [2.24, 2.45) is 11.8 Å².